The van der Waals surface area contributed by atoms with Gasteiger partial charge in [-0.1, -0.05) is 17.7 Å². The summed E-state index contributed by atoms with van der Waals surface area (Å²) >= 11 is 6.03. The van der Waals surface area contributed by atoms with E-state index in [4.69, 9.17) is 16.3 Å². The van der Waals surface area contributed by atoms with Crippen molar-refractivity contribution < 1.29 is 9.53 Å². The Morgan fingerprint density at radius 1 is 1.16 bits per heavy atom. The number of ether oxygens (including phenoxy) is 1. The van der Waals surface area contributed by atoms with Gasteiger partial charge in [-0.2, -0.15) is 0 Å². The number of aromatic nitrogens is 3. The van der Waals surface area contributed by atoms with Crippen LogP contribution in [0.4, 0.5) is 11.4 Å². The minimum absolute atomic E-state index is 0.231. The van der Waals surface area contributed by atoms with Gasteiger partial charge in [0.25, 0.3) is 0 Å². The Morgan fingerprint density at radius 2 is 2.00 bits per heavy atom. The number of esters is 1. The Bertz CT molecular complexity index is 1230. The van der Waals surface area contributed by atoms with Crippen LogP contribution in [0.25, 0.3) is 10.9 Å². The molecule has 0 saturated heterocycles. The minimum atomic E-state index is -0.611. The maximum Gasteiger partial charge on any atom is 0.340 e. The van der Waals surface area contributed by atoms with Crippen LogP contribution in [0.2, 0.25) is 5.15 Å². The van der Waals surface area contributed by atoms with Gasteiger partial charge < -0.3 is 14.6 Å². The van der Waals surface area contributed by atoms with Gasteiger partial charge in [0.1, 0.15) is 10.8 Å². The molecule has 0 aliphatic carbocycles. The lowest BCUT2D eigenvalue weighted by molar-refractivity contribution is 0.00706. The number of hydrogen-bond acceptors (Lipinski definition) is 5. The lowest BCUT2D eigenvalue weighted by Crippen LogP contribution is -2.24. The first-order valence-corrected chi connectivity index (χ1v) is 10.3. The second-order valence-corrected chi connectivity index (χ2v) is 8.65. The van der Waals surface area contributed by atoms with Crippen molar-refractivity contribution in [3.63, 3.8) is 0 Å². The van der Waals surface area contributed by atoms with E-state index in [9.17, 15) is 4.79 Å². The van der Waals surface area contributed by atoms with Crippen molar-refractivity contribution in [2.75, 3.05) is 5.32 Å². The predicted octanol–water partition coefficient (Wildman–Crippen LogP) is 5.83. The van der Waals surface area contributed by atoms with Crippen LogP contribution in [0.1, 0.15) is 36.7 Å². The Hall–Kier alpha value is -3.38. The van der Waals surface area contributed by atoms with Crippen molar-refractivity contribution in [2.45, 2.75) is 32.9 Å². The van der Waals surface area contributed by atoms with Gasteiger partial charge in [-0.25, -0.2) is 9.78 Å². The van der Waals surface area contributed by atoms with Gasteiger partial charge in [-0.15, -0.1) is 0 Å². The van der Waals surface area contributed by atoms with E-state index in [0.29, 0.717) is 11.3 Å². The summed E-state index contributed by atoms with van der Waals surface area (Å²) in [6.07, 6.45) is 7.23. The largest absolute Gasteiger partial charge is 0.456 e. The molecule has 4 aromatic rings. The fraction of sp³-hybridized carbons (Fsp3) is 0.208. The number of pyridine rings is 2. The highest BCUT2D eigenvalue weighted by molar-refractivity contribution is 6.29. The SMILES string of the molecule is CC(C)(C)OC(=O)c1cc(Cl)ncc1Nc1ccc2c(ccn2Cc2cccnc2)c1. The number of carbonyl (C=O) groups excluding carboxylic acids is 1. The van der Waals surface area contributed by atoms with E-state index >= 15 is 0 Å². The van der Waals surface area contributed by atoms with Gasteiger partial charge in [0.2, 0.25) is 0 Å². The van der Waals surface area contributed by atoms with Gasteiger partial charge in [0.15, 0.2) is 0 Å². The van der Waals surface area contributed by atoms with Crippen LogP contribution in [-0.2, 0) is 11.3 Å². The second-order valence-electron chi connectivity index (χ2n) is 8.26. The van der Waals surface area contributed by atoms with E-state index in [2.05, 4.69) is 38.2 Å². The summed E-state index contributed by atoms with van der Waals surface area (Å²) in [5, 5.41) is 4.59. The Kier molecular flexibility index (Phi) is 5.65. The zero-order valence-electron chi connectivity index (χ0n) is 17.6. The summed E-state index contributed by atoms with van der Waals surface area (Å²) in [4.78, 5) is 20.9. The molecule has 0 bridgehead atoms. The van der Waals surface area contributed by atoms with Gasteiger partial charge in [-0.3, -0.25) is 4.98 Å². The molecule has 0 aliphatic rings. The fourth-order valence-electron chi connectivity index (χ4n) is 3.29. The normalized spacial score (nSPS) is 11.5. The zero-order valence-corrected chi connectivity index (χ0v) is 18.3. The molecule has 0 aliphatic heterocycles. The molecule has 31 heavy (non-hydrogen) atoms. The van der Waals surface area contributed by atoms with Crippen molar-refractivity contribution in [3.05, 3.63) is 83.5 Å². The number of benzene rings is 1. The first-order valence-electron chi connectivity index (χ1n) is 9.92. The maximum absolute atomic E-state index is 12.7. The van der Waals surface area contributed by atoms with Crippen molar-refractivity contribution in [2.24, 2.45) is 0 Å². The van der Waals surface area contributed by atoms with E-state index in [1.54, 1.807) is 12.4 Å². The number of nitrogens with one attached hydrogen (secondary N) is 1. The Morgan fingerprint density at radius 3 is 2.74 bits per heavy atom. The fourth-order valence-corrected chi connectivity index (χ4v) is 3.45. The van der Waals surface area contributed by atoms with Crippen LogP contribution in [-0.4, -0.2) is 26.1 Å². The highest BCUT2D eigenvalue weighted by Gasteiger charge is 2.21. The van der Waals surface area contributed by atoms with Crippen LogP contribution in [0, 0.1) is 0 Å². The molecular formula is C24H23ClN4O2. The number of fused-ring (bicyclic) bond motifs is 1. The van der Waals surface area contributed by atoms with Crippen LogP contribution >= 0.6 is 11.6 Å². The number of halogens is 1. The standard InChI is InChI=1S/C24H23ClN4O2/c1-24(2,3)31-23(30)19-12-22(25)27-14-20(19)28-18-6-7-21-17(11-18)8-10-29(21)15-16-5-4-9-26-13-16/h4-14,28H,15H2,1-3H3. The lowest BCUT2D eigenvalue weighted by Gasteiger charge is -2.20. The van der Waals surface area contributed by atoms with E-state index < -0.39 is 11.6 Å². The molecule has 6 nitrogen and oxygen atoms in total. The molecule has 3 heterocycles. The molecular weight excluding hydrogens is 412 g/mol. The van der Waals surface area contributed by atoms with Crippen molar-refractivity contribution in [3.8, 4) is 0 Å². The average Bonchev–Trinajstić information content (AvgIpc) is 3.11. The van der Waals surface area contributed by atoms with Crippen LogP contribution in [0.5, 0.6) is 0 Å². The summed E-state index contributed by atoms with van der Waals surface area (Å²) in [6, 6.07) is 13.6. The molecule has 158 valence electrons. The molecule has 4 rings (SSSR count). The van der Waals surface area contributed by atoms with Crippen LogP contribution < -0.4 is 5.32 Å². The number of hydrogen-bond donors (Lipinski definition) is 1. The summed E-state index contributed by atoms with van der Waals surface area (Å²) < 4.78 is 7.69. The van der Waals surface area contributed by atoms with Gasteiger partial charge >= 0.3 is 5.97 Å². The Labute approximate surface area is 185 Å². The molecule has 1 N–H and O–H groups in total. The number of nitrogens with zero attached hydrogens (tertiary/aromatic N) is 3. The van der Waals surface area contributed by atoms with Crippen LogP contribution in [0.3, 0.4) is 0 Å². The smallest absolute Gasteiger partial charge is 0.340 e. The van der Waals surface area contributed by atoms with Crippen LogP contribution in [0.15, 0.2) is 67.3 Å². The van der Waals surface area contributed by atoms with E-state index in [0.717, 1.165) is 28.7 Å². The topological polar surface area (TPSA) is 69.0 Å². The molecule has 0 amide bonds. The lowest BCUT2D eigenvalue weighted by atomic mass is 10.1. The molecule has 0 saturated carbocycles. The van der Waals surface area contributed by atoms with E-state index in [1.165, 1.54) is 6.07 Å². The van der Waals surface area contributed by atoms with Gasteiger partial charge in [0.05, 0.1) is 17.4 Å². The second kappa shape index (κ2) is 8.40. The summed E-state index contributed by atoms with van der Waals surface area (Å²) in [5.74, 6) is -0.456. The first-order chi connectivity index (χ1) is 14.8. The zero-order chi connectivity index (χ0) is 22.0. The molecule has 3 aromatic heterocycles. The van der Waals surface area contributed by atoms with Gasteiger partial charge in [0, 0.05) is 41.7 Å². The maximum atomic E-state index is 12.7. The molecule has 0 spiro atoms. The highest BCUT2D eigenvalue weighted by atomic mass is 35.5. The Balaban J connectivity index is 1.60. The van der Waals surface area contributed by atoms with Crippen molar-refractivity contribution >= 4 is 39.8 Å². The third kappa shape index (κ3) is 5.03. The van der Waals surface area contributed by atoms with E-state index in [1.807, 2.05) is 51.2 Å². The third-order valence-corrected chi connectivity index (χ3v) is 4.82. The molecule has 1 aromatic carbocycles. The predicted molar refractivity (Wildman–Crippen MR) is 123 cm³/mol. The molecule has 0 atom stereocenters. The highest BCUT2D eigenvalue weighted by Crippen LogP contribution is 2.27. The molecule has 0 radical (unpaired) electrons. The quantitative estimate of drug-likeness (QED) is 0.316. The van der Waals surface area contributed by atoms with Crippen molar-refractivity contribution in [1.82, 2.24) is 14.5 Å². The summed E-state index contributed by atoms with van der Waals surface area (Å²) in [5.41, 5.74) is 3.34. The van der Waals surface area contributed by atoms with E-state index in [-0.39, 0.29) is 5.15 Å². The first kappa shape index (κ1) is 20.9. The van der Waals surface area contributed by atoms with Crippen molar-refractivity contribution in [1.29, 1.82) is 0 Å². The minimum Gasteiger partial charge on any atom is -0.456 e. The molecule has 7 heteroatoms. The number of anilines is 2. The molecule has 0 fully saturated rings. The summed E-state index contributed by atoms with van der Waals surface area (Å²) in [7, 11) is 0. The number of carbonyl (C=O) groups is 1. The molecule has 0 unspecified atom stereocenters. The third-order valence-electron chi connectivity index (χ3n) is 4.62. The van der Waals surface area contributed by atoms with Gasteiger partial charge in [-0.05, 0) is 62.7 Å². The number of rotatable bonds is 5. The summed E-state index contributed by atoms with van der Waals surface area (Å²) in [6.45, 7) is 6.22. The average molecular weight is 435 g/mol. The monoisotopic (exact) mass is 434 g/mol.